The fourth-order valence-electron chi connectivity index (χ4n) is 2.30. The summed E-state index contributed by atoms with van der Waals surface area (Å²) >= 11 is 6.03. The van der Waals surface area contributed by atoms with Gasteiger partial charge in [-0.05, 0) is 51.3 Å². The van der Waals surface area contributed by atoms with Gasteiger partial charge in [0.2, 0.25) is 0 Å². The fraction of sp³-hybridized carbons (Fsp3) is 0.611. The zero-order chi connectivity index (χ0) is 17.5. The van der Waals surface area contributed by atoms with Crippen LogP contribution in [0.15, 0.2) is 24.3 Å². The highest BCUT2D eigenvalue weighted by molar-refractivity contribution is 6.30. The number of halogens is 1. The summed E-state index contributed by atoms with van der Waals surface area (Å²) in [5.41, 5.74) is 0.472. The van der Waals surface area contributed by atoms with Gasteiger partial charge in [-0.1, -0.05) is 37.6 Å². The number of amides is 1. The van der Waals surface area contributed by atoms with Crippen LogP contribution in [0.5, 0.6) is 0 Å². The zero-order valence-electron chi connectivity index (χ0n) is 14.8. The Bertz CT molecular complexity index is 508. The molecule has 0 heterocycles. The predicted molar refractivity (Wildman–Crippen MR) is 95.8 cm³/mol. The van der Waals surface area contributed by atoms with Crippen LogP contribution in [0.1, 0.15) is 53.0 Å². The molecular formula is C18H29ClN2O2. The number of rotatable bonds is 7. The van der Waals surface area contributed by atoms with E-state index in [9.17, 15) is 4.79 Å². The third-order valence-corrected chi connectivity index (χ3v) is 4.12. The third kappa shape index (κ3) is 7.23. The van der Waals surface area contributed by atoms with E-state index in [1.165, 1.54) is 0 Å². The van der Waals surface area contributed by atoms with E-state index in [-0.39, 0.29) is 11.6 Å². The van der Waals surface area contributed by atoms with Crippen LogP contribution < -0.4 is 10.6 Å². The molecular weight excluding hydrogens is 312 g/mol. The van der Waals surface area contributed by atoms with Gasteiger partial charge in [0.25, 0.3) is 0 Å². The van der Waals surface area contributed by atoms with E-state index >= 15 is 0 Å². The normalized spacial score (nSPS) is 12.1. The molecule has 1 amide bonds. The molecule has 0 radical (unpaired) electrons. The number of hydrogen-bond acceptors (Lipinski definition) is 3. The Balaban J connectivity index is 2.62. The smallest absolute Gasteiger partial charge is 0.407 e. The summed E-state index contributed by atoms with van der Waals surface area (Å²) < 4.78 is 5.31. The molecule has 0 aliphatic carbocycles. The van der Waals surface area contributed by atoms with E-state index in [0.717, 1.165) is 23.4 Å². The maximum absolute atomic E-state index is 11.9. The predicted octanol–water partition coefficient (Wildman–Crippen LogP) is 4.51. The van der Waals surface area contributed by atoms with Gasteiger partial charge in [-0.3, -0.25) is 0 Å². The van der Waals surface area contributed by atoms with Crippen LogP contribution >= 0.6 is 11.6 Å². The highest BCUT2D eigenvalue weighted by Gasteiger charge is 2.27. The first-order valence-corrected chi connectivity index (χ1v) is 8.54. The molecule has 1 rings (SSSR count). The van der Waals surface area contributed by atoms with E-state index in [4.69, 9.17) is 16.3 Å². The Morgan fingerprint density at radius 1 is 1.22 bits per heavy atom. The van der Waals surface area contributed by atoms with E-state index < -0.39 is 5.60 Å². The van der Waals surface area contributed by atoms with E-state index in [0.29, 0.717) is 13.1 Å². The van der Waals surface area contributed by atoms with Gasteiger partial charge in [-0.15, -0.1) is 0 Å². The summed E-state index contributed by atoms with van der Waals surface area (Å²) in [6, 6.07) is 7.79. The molecule has 0 unspecified atom stereocenters. The lowest BCUT2D eigenvalue weighted by molar-refractivity contribution is 0.0507. The fourth-order valence-corrected chi connectivity index (χ4v) is 2.52. The Kier molecular flexibility index (Phi) is 7.36. The molecule has 130 valence electrons. The van der Waals surface area contributed by atoms with Crippen molar-refractivity contribution in [3.63, 3.8) is 0 Å². The molecule has 0 bridgehead atoms. The van der Waals surface area contributed by atoms with Crippen LogP contribution in [0.25, 0.3) is 0 Å². The van der Waals surface area contributed by atoms with Crippen molar-refractivity contribution in [3.05, 3.63) is 34.9 Å². The van der Waals surface area contributed by atoms with Gasteiger partial charge in [-0.2, -0.15) is 0 Å². The Morgan fingerprint density at radius 3 is 2.39 bits per heavy atom. The second-order valence-electron chi connectivity index (χ2n) is 6.83. The number of ether oxygens (including phenoxy) is 1. The minimum atomic E-state index is -0.487. The van der Waals surface area contributed by atoms with Crippen LogP contribution in [0.4, 0.5) is 4.79 Å². The Hall–Kier alpha value is -1.26. The van der Waals surface area contributed by atoms with Crippen molar-refractivity contribution in [2.24, 2.45) is 0 Å². The van der Waals surface area contributed by atoms with Crippen molar-refractivity contribution in [1.29, 1.82) is 0 Å². The molecule has 0 aliphatic rings. The van der Waals surface area contributed by atoms with Crippen molar-refractivity contribution in [2.45, 2.75) is 65.1 Å². The van der Waals surface area contributed by atoms with Crippen molar-refractivity contribution in [3.8, 4) is 0 Å². The molecule has 0 saturated heterocycles. The van der Waals surface area contributed by atoms with E-state index in [2.05, 4.69) is 24.5 Å². The number of alkyl carbamates (subject to hydrolysis) is 1. The first kappa shape index (κ1) is 19.8. The number of carbonyl (C=O) groups excluding carboxylic acids is 1. The summed E-state index contributed by atoms with van der Waals surface area (Å²) in [5, 5.41) is 7.18. The molecule has 0 atom stereocenters. The van der Waals surface area contributed by atoms with Crippen molar-refractivity contribution < 1.29 is 9.53 Å². The quantitative estimate of drug-likeness (QED) is 0.767. The van der Waals surface area contributed by atoms with Crippen LogP contribution in [-0.2, 0) is 11.3 Å². The number of nitrogens with one attached hydrogen (secondary N) is 2. The molecule has 0 saturated carbocycles. The first-order valence-electron chi connectivity index (χ1n) is 8.16. The lowest BCUT2D eigenvalue weighted by Crippen LogP contribution is -2.53. The highest BCUT2D eigenvalue weighted by Crippen LogP contribution is 2.17. The number of hydrogen-bond donors (Lipinski definition) is 2. The van der Waals surface area contributed by atoms with E-state index in [1.54, 1.807) is 0 Å². The first-order chi connectivity index (χ1) is 10.7. The van der Waals surface area contributed by atoms with Crippen LogP contribution in [0.3, 0.4) is 0 Å². The van der Waals surface area contributed by atoms with Gasteiger partial charge < -0.3 is 15.4 Å². The van der Waals surface area contributed by atoms with Gasteiger partial charge in [-0.25, -0.2) is 4.79 Å². The summed E-state index contributed by atoms with van der Waals surface area (Å²) in [6.45, 7) is 11.0. The standard InChI is InChI=1S/C18H29ClN2O2/c1-6-18(7-2,13-20-16(22)23-17(3,4)5)21-12-14-9-8-10-15(19)11-14/h8-11,21H,6-7,12-13H2,1-5H3,(H,20,22). The molecule has 5 heteroatoms. The molecule has 1 aromatic rings. The molecule has 0 spiro atoms. The Labute approximate surface area is 144 Å². The van der Waals surface area contributed by atoms with Gasteiger partial charge in [0, 0.05) is 23.7 Å². The number of benzene rings is 1. The maximum atomic E-state index is 11.9. The summed E-state index contributed by atoms with van der Waals surface area (Å²) in [5.74, 6) is 0. The molecule has 0 fully saturated rings. The van der Waals surface area contributed by atoms with E-state index in [1.807, 2.05) is 45.0 Å². The Morgan fingerprint density at radius 2 is 1.87 bits per heavy atom. The largest absolute Gasteiger partial charge is 0.444 e. The highest BCUT2D eigenvalue weighted by atomic mass is 35.5. The second kappa shape index (κ2) is 8.55. The average molecular weight is 341 g/mol. The summed E-state index contributed by atoms with van der Waals surface area (Å²) in [4.78, 5) is 11.9. The minimum Gasteiger partial charge on any atom is -0.444 e. The van der Waals surface area contributed by atoms with Crippen LogP contribution in [0, 0.1) is 0 Å². The van der Waals surface area contributed by atoms with Gasteiger partial charge in [0.1, 0.15) is 5.60 Å². The lowest BCUT2D eigenvalue weighted by Gasteiger charge is -2.34. The molecule has 0 aliphatic heterocycles. The van der Waals surface area contributed by atoms with Gasteiger partial charge >= 0.3 is 6.09 Å². The van der Waals surface area contributed by atoms with Crippen molar-refractivity contribution >= 4 is 17.7 Å². The van der Waals surface area contributed by atoms with Crippen LogP contribution in [-0.4, -0.2) is 23.8 Å². The van der Waals surface area contributed by atoms with Gasteiger partial charge in [0.05, 0.1) is 0 Å². The second-order valence-corrected chi connectivity index (χ2v) is 7.26. The average Bonchev–Trinajstić information content (AvgIpc) is 2.46. The molecule has 2 N–H and O–H groups in total. The minimum absolute atomic E-state index is 0.167. The zero-order valence-corrected chi connectivity index (χ0v) is 15.6. The molecule has 0 aromatic heterocycles. The van der Waals surface area contributed by atoms with Crippen molar-refractivity contribution in [1.82, 2.24) is 10.6 Å². The SMILES string of the molecule is CCC(CC)(CNC(=O)OC(C)(C)C)NCc1cccc(Cl)c1. The maximum Gasteiger partial charge on any atom is 0.407 e. The van der Waals surface area contributed by atoms with Gasteiger partial charge in [0.15, 0.2) is 0 Å². The van der Waals surface area contributed by atoms with Crippen LogP contribution in [0.2, 0.25) is 5.02 Å². The monoisotopic (exact) mass is 340 g/mol. The molecule has 23 heavy (non-hydrogen) atoms. The topological polar surface area (TPSA) is 50.4 Å². The molecule has 1 aromatic carbocycles. The number of carbonyl (C=O) groups is 1. The summed E-state index contributed by atoms with van der Waals surface area (Å²) in [6.07, 6.45) is 1.42. The van der Waals surface area contributed by atoms with Crippen molar-refractivity contribution in [2.75, 3.05) is 6.54 Å². The molecule has 4 nitrogen and oxygen atoms in total. The summed E-state index contributed by atoms with van der Waals surface area (Å²) in [7, 11) is 0. The lowest BCUT2D eigenvalue weighted by atomic mass is 9.92. The third-order valence-electron chi connectivity index (χ3n) is 3.88.